The van der Waals surface area contributed by atoms with Gasteiger partial charge in [-0.15, -0.1) is 0 Å². The molecule has 0 bridgehead atoms. The molecule has 0 aromatic heterocycles. The standard InChI is InChI=1S/C61H40/c1-5-17-41(18-6-1)47-34-36-54-56(38-47)60(43-19-7-2-8-20-43)53-28-16-15-27-52(53)59(54)44-31-29-42(30-32-44)48-33-35-51-55-37-45-21-13-14-22-46(45)39-58(55)61(57(51)40-48,49-23-9-3-10-24-49)50-25-11-4-12-26-50/h1-40H. The zero-order valence-electron chi connectivity index (χ0n) is 33.6. The maximum Gasteiger partial charge on any atom is 0.0714 e. The third-order valence-electron chi connectivity index (χ3n) is 13.1. The van der Waals surface area contributed by atoms with E-state index in [9.17, 15) is 0 Å². The fourth-order valence-electron chi connectivity index (χ4n) is 10.4. The summed E-state index contributed by atoms with van der Waals surface area (Å²) in [5, 5.41) is 7.55. The van der Waals surface area contributed by atoms with E-state index in [1.807, 2.05) is 0 Å². The molecule has 0 nitrogen and oxygen atoms in total. The Hall–Kier alpha value is -7.80. The van der Waals surface area contributed by atoms with Crippen molar-refractivity contribution in [2.24, 2.45) is 0 Å². The smallest absolute Gasteiger partial charge is 0.0622 e. The SMILES string of the molecule is c1ccc(-c2ccc3c(-c4ccc(-c5ccc6c(c5)C(c5ccccc5)(c5ccccc5)c5cc7ccccc7cc5-6)cc4)c4ccccc4c(-c4ccccc4)c3c2)cc1. The predicted molar refractivity (Wildman–Crippen MR) is 258 cm³/mol. The fourth-order valence-corrected chi connectivity index (χ4v) is 10.4. The summed E-state index contributed by atoms with van der Waals surface area (Å²) in [5.41, 5.74) is 17.1. The lowest BCUT2D eigenvalue weighted by Crippen LogP contribution is -2.28. The zero-order valence-corrected chi connectivity index (χ0v) is 33.6. The molecule has 0 saturated heterocycles. The van der Waals surface area contributed by atoms with Crippen molar-refractivity contribution in [3.8, 4) is 55.6 Å². The largest absolute Gasteiger partial charge is 0.0714 e. The summed E-state index contributed by atoms with van der Waals surface area (Å²) in [6.45, 7) is 0. The average Bonchev–Trinajstić information content (AvgIpc) is 3.62. The van der Waals surface area contributed by atoms with E-state index < -0.39 is 5.41 Å². The van der Waals surface area contributed by atoms with Gasteiger partial charge in [0.15, 0.2) is 0 Å². The second kappa shape index (κ2) is 14.2. The van der Waals surface area contributed by atoms with Crippen molar-refractivity contribution in [1.82, 2.24) is 0 Å². The molecule has 0 spiro atoms. The molecule has 0 heteroatoms. The first kappa shape index (κ1) is 35.2. The molecule has 11 aromatic carbocycles. The summed E-state index contributed by atoms with van der Waals surface area (Å²) in [4.78, 5) is 0. The summed E-state index contributed by atoms with van der Waals surface area (Å²) < 4.78 is 0. The minimum absolute atomic E-state index is 0.482. The van der Waals surface area contributed by atoms with Crippen molar-refractivity contribution in [2.75, 3.05) is 0 Å². The first-order valence-corrected chi connectivity index (χ1v) is 21.2. The Balaban J connectivity index is 1.05. The van der Waals surface area contributed by atoms with E-state index in [2.05, 4.69) is 243 Å². The van der Waals surface area contributed by atoms with Crippen LogP contribution in [0, 0.1) is 0 Å². The molecule has 0 fully saturated rings. The molecule has 0 unspecified atom stereocenters. The van der Waals surface area contributed by atoms with Crippen LogP contribution in [0.2, 0.25) is 0 Å². The van der Waals surface area contributed by atoms with Gasteiger partial charge in [0.25, 0.3) is 0 Å². The Morgan fingerprint density at radius 3 is 1.28 bits per heavy atom. The van der Waals surface area contributed by atoms with Crippen LogP contribution in [-0.2, 0) is 5.41 Å². The molecule has 284 valence electrons. The normalized spacial score (nSPS) is 12.7. The molecule has 1 aliphatic carbocycles. The van der Waals surface area contributed by atoms with Crippen LogP contribution in [0.3, 0.4) is 0 Å². The molecule has 0 atom stereocenters. The van der Waals surface area contributed by atoms with Gasteiger partial charge in [-0.25, -0.2) is 0 Å². The summed E-state index contributed by atoms with van der Waals surface area (Å²) in [6, 6.07) is 89.9. The van der Waals surface area contributed by atoms with Gasteiger partial charge in [-0.1, -0.05) is 218 Å². The van der Waals surface area contributed by atoms with Gasteiger partial charge in [0.05, 0.1) is 5.41 Å². The molecule has 1 aliphatic rings. The molecule has 0 heterocycles. The number of benzene rings is 11. The molecule has 11 aromatic rings. The Labute approximate surface area is 356 Å². The third kappa shape index (κ3) is 5.53. The lowest BCUT2D eigenvalue weighted by molar-refractivity contribution is 0.770. The fraction of sp³-hybridized carbons (Fsp3) is 0.0164. The van der Waals surface area contributed by atoms with Crippen molar-refractivity contribution in [1.29, 1.82) is 0 Å². The van der Waals surface area contributed by atoms with Crippen molar-refractivity contribution >= 4 is 32.3 Å². The van der Waals surface area contributed by atoms with E-state index in [0.29, 0.717) is 0 Å². The number of hydrogen-bond acceptors (Lipinski definition) is 0. The molecule has 0 saturated carbocycles. The Bertz CT molecular complexity index is 3380. The van der Waals surface area contributed by atoms with Crippen LogP contribution < -0.4 is 0 Å². The Morgan fingerprint density at radius 1 is 0.230 bits per heavy atom. The molecule has 0 amide bonds. The quantitative estimate of drug-likeness (QED) is 0.148. The van der Waals surface area contributed by atoms with Gasteiger partial charge in [0.2, 0.25) is 0 Å². The van der Waals surface area contributed by atoms with Crippen LogP contribution in [0.15, 0.2) is 243 Å². The van der Waals surface area contributed by atoms with Crippen LogP contribution in [-0.4, -0.2) is 0 Å². The van der Waals surface area contributed by atoms with E-state index in [0.717, 1.165) is 0 Å². The highest BCUT2D eigenvalue weighted by Gasteiger charge is 2.46. The number of hydrogen-bond donors (Lipinski definition) is 0. The van der Waals surface area contributed by atoms with Gasteiger partial charge in [0.1, 0.15) is 0 Å². The molecular weight excluding hydrogens is 733 g/mol. The summed E-state index contributed by atoms with van der Waals surface area (Å²) in [6.07, 6.45) is 0. The maximum absolute atomic E-state index is 2.47. The minimum Gasteiger partial charge on any atom is -0.0622 e. The Kier molecular flexibility index (Phi) is 8.18. The lowest BCUT2D eigenvalue weighted by atomic mass is 9.67. The van der Waals surface area contributed by atoms with Gasteiger partial charge in [-0.05, 0) is 134 Å². The van der Waals surface area contributed by atoms with Crippen LogP contribution in [0.25, 0.3) is 88.0 Å². The maximum atomic E-state index is 2.47. The van der Waals surface area contributed by atoms with Crippen molar-refractivity contribution in [3.63, 3.8) is 0 Å². The van der Waals surface area contributed by atoms with Crippen LogP contribution >= 0.6 is 0 Å². The van der Waals surface area contributed by atoms with E-state index in [4.69, 9.17) is 0 Å². The highest BCUT2D eigenvalue weighted by Crippen LogP contribution is 2.57. The molecule has 0 aliphatic heterocycles. The number of fused-ring (bicyclic) bond motifs is 6. The summed E-state index contributed by atoms with van der Waals surface area (Å²) >= 11 is 0. The topological polar surface area (TPSA) is 0 Å². The van der Waals surface area contributed by atoms with Gasteiger partial charge < -0.3 is 0 Å². The predicted octanol–water partition coefficient (Wildman–Crippen LogP) is 16.2. The lowest BCUT2D eigenvalue weighted by Gasteiger charge is -2.34. The first-order chi connectivity index (χ1) is 30.3. The van der Waals surface area contributed by atoms with Crippen molar-refractivity contribution in [3.05, 3.63) is 265 Å². The minimum atomic E-state index is -0.482. The molecule has 0 radical (unpaired) electrons. The van der Waals surface area contributed by atoms with Gasteiger partial charge in [-0.2, -0.15) is 0 Å². The van der Waals surface area contributed by atoms with Gasteiger partial charge in [-0.3, -0.25) is 0 Å². The Morgan fingerprint density at radius 2 is 0.639 bits per heavy atom. The molecular formula is C61H40. The average molecular weight is 773 g/mol. The van der Waals surface area contributed by atoms with E-state index in [1.165, 1.54) is 110 Å². The van der Waals surface area contributed by atoms with Crippen LogP contribution in [0.5, 0.6) is 0 Å². The second-order valence-electron chi connectivity index (χ2n) is 16.4. The number of rotatable bonds is 6. The molecule has 12 rings (SSSR count). The molecule has 61 heavy (non-hydrogen) atoms. The van der Waals surface area contributed by atoms with Crippen molar-refractivity contribution in [2.45, 2.75) is 5.41 Å². The summed E-state index contributed by atoms with van der Waals surface area (Å²) in [7, 11) is 0. The van der Waals surface area contributed by atoms with Crippen LogP contribution in [0.4, 0.5) is 0 Å². The monoisotopic (exact) mass is 772 g/mol. The van der Waals surface area contributed by atoms with E-state index >= 15 is 0 Å². The molecule has 0 N–H and O–H groups in total. The first-order valence-electron chi connectivity index (χ1n) is 21.2. The van der Waals surface area contributed by atoms with E-state index in [1.54, 1.807) is 0 Å². The second-order valence-corrected chi connectivity index (χ2v) is 16.4. The third-order valence-corrected chi connectivity index (χ3v) is 13.1. The van der Waals surface area contributed by atoms with Crippen molar-refractivity contribution < 1.29 is 0 Å². The highest BCUT2D eigenvalue weighted by atomic mass is 14.5. The van der Waals surface area contributed by atoms with Gasteiger partial charge >= 0.3 is 0 Å². The summed E-state index contributed by atoms with van der Waals surface area (Å²) in [5.74, 6) is 0. The highest BCUT2D eigenvalue weighted by molar-refractivity contribution is 6.22. The van der Waals surface area contributed by atoms with Crippen LogP contribution in [0.1, 0.15) is 22.3 Å². The van der Waals surface area contributed by atoms with E-state index in [-0.39, 0.29) is 0 Å². The van der Waals surface area contributed by atoms with Gasteiger partial charge in [0, 0.05) is 0 Å². The zero-order chi connectivity index (χ0) is 40.3.